The van der Waals surface area contributed by atoms with Gasteiger partial charge in [0.05, 0.1) is 12.7 Å². The third-order valence-electron chi connectivity index (χ3n) is 6.72. The summed E-state index contributed by atoms with van der Waals surface area (Å²) in [5, 5.41) is 2.72. The van der Waals surface area contributed by atoms with E-state index in [0.29, 0.717) is 24.2 Å². The topological polar surface area (TPSA) is 81.7 Å². The molecule has 2 aliphatic rings. The van der Waals surface area contributed by atoms with Crippen LogP contribution in [0.4, 0.5) is 4.79 Å². The summed E-state index contributed by atoms with van der Waals surface area (Å²) in [6.45, 7) is 5.67. The predicted molar refractivity (Wildman–Crippen MR) is 122 cm³/mol. The van der Waals surface area contributed by atoms with E-state index in [1.807, 2.05) is 26.0 Å². The Hall–Kier alpha value is -3.07. The van der Waals surface area contributed by atoms with E-state index in [1.165, 1.54) is 7.11 Å². The van der Waals surface area contributed by atoms with Gasteiger partial charge in [-0.15, -0.1) is 5.92 Å². The highest BCUT2D eigenvalue weighted by Gasteiger charge is 2.45. The molecule has 1 aromatic rings. The number of carbonyl (C=O) groups is 3. The number of ether oxygens (including phenoxy) is 2. The number of aryl methyl sites for hydroxylation is 2. The van der Waals surface area contributed by atoms with Crippen molar-refractivity contribution in [3.8, 4) is 11.8 Å². The number of methoxy groups -OCH3 is 1. The molecule has 0 aliphatic heterocycles. The summed E-state index contributed by atoms with van der Waals surface area (Å²) < 4.78 is 10.3. The maximum Gasteiger partial charge on any atom is 0.513 e. The fourth-order valence-corrected chi connectivity index (χ4v) is 5.21. The molecule has 1 fully saturated rings. The van der Waals surface area contributed by atoms with Crippen molar-refractivity contribution in [2.45, 2.75) is 59.3 Å². The van der Waals surface area contributed by atoms with Gasteiger partial charge in [0.15, 0.2) is 5.78 Å². The normalized spacial score (nSPS) is 22.8. The van der Waals surface area contributed by atoms with Crippen molar-refractivity contribution in [3.63, 3.8) is 0 Å². The molecule has 1 saturated carbocycles. The quantitative estimate of drug-likeness (QED) is 0.558. The first-order chi connectivity index (χ1) is 15.2. The number of rotatable bonds is 3. The van der Waals surface area contributed by atoms with Gasteiger partial charge in [0.2, 0.25) is 5.91 Å². The fourth-order valence-electron chi connectivity index (χ4n) is 5.21. The van der Waals surface area contributed by atoms with Gasteiger partial charge in [0.1, 0.15) is 5.76 Å². The van der Waals surface area contributed by atoms with E-state index >= 15 is 0 Å². The first-order valence-electron chi connectivity index (χ1n) is 11.0. The number of hydrogen-bond acceptors (Lipinski definition) is 5. The molecule has 170 valence electrons. The first-order valence-corrected chi connectivity index (χ1v) is 11.0. The van der Waals surface area contributed by atoms with Crippen molar-refractivity contribution in [2.24, 2.45) is 11.3 Å². The number of carbonyl (C=O) groups excluding carboxylic acids is 3. The van der Waals surface area contributed by atoms with Gasteiger partial charge in [-0.25, -0.2) is 4.79 Å². The Kier molecular flexibility index (Phi) is 7.08. The first kappa shape index (κ1) is 23.6. The van der Waals surface area contributed by atoms with Gasteiger partial charge in [-0.05, 0) is 80.7 Å². The average Bonchev–Trinajstić information content (AvgIpc) is 2.75. The third kappa shape index (κ3) is 4.72. The molecule has 32 heavy (non-hydrogen) atoms. The second-order valence-electron chi connectivity index (χ2n) is 8.88. The zero-order valence-corrected chi connectivity index (χ0v) is 19.5. The maximum atomic E-state index is 13.5. The van der Waals surface area contributed by atoms with Gasteiger partial charge in [0, 0.05) is 31.4 Å². The van der Waals surface area contributed by atoms with Crippen LogP contribution in [0.5, 0.6) is 0 Å². The third-order valence-corrected chi connectivity index (χ3v) is 6.72. The van der Waals surface area contributed by atoms with Gasteiger partial charge >= 0.3 is 6.16 Å². The largest absolute Gasteiger partial charge is 0.513 e. The SMILES string of the molecule is CC#Cc1cc(C)c(C2=C(OC(=O)OC)CC3(CCC(C(=O)NC)CC3)CC2=O)c(C)c1. The standard InChI is InChI=1S/C26H31NO5/c1-6-7-18-12-16(2)22(17(3)13-18)23-20(28)14-26(15-21(23)32-25(30)31-5)10-8-19(9-11-26)24(29)27-4/h12-13,19H,8-11,14-15H2,1-5H3,(H,27,29). The second-order valence-corrected chi connectivity index (χ2v) is 8.88. The zero-order valence-electron chi connectivity index (χ0n) is 19.5. The summed E-state index contributed by atoms with van der Waals surface area (Å²) in [4.78, 5) is 37.7. The summed E-state index contributed by atoms with van der Waals surface area (Å²) in [5.74, 6) is 6.31. The summed E-state index contributed by atoms with van der Waals surface area (Å²) in [5.41, 5.74) is 3.66. The minimum absolute atomic E-state index is 0.0333. The molecule has 1 spiro atoms. The lowest BCUT2D eigenvalue weighted by Gasteiger charge is -2.42. The van der Waals surface area contributed by atoms with Crippen LogP contribution in [0.3, 0.4) is 0 Å². The Labute approximate surface area is 189 Å². The fraction of sp³-hybridized carbons (Fsp3) is 0.500. The molecule has 6 nitrogen and oxygen atoms in total. The highest BCUT2D eigenvalue weighted by molar-refractivity contribution is 6.23. The van der Waals surface area contributed by atoms with Crippen LogP contribution < -0.4 is 5.32 Å². The van der Waals surface area contributed by atoms with E-state index in [2.05, 4.69) is 17.2 Å². The lowest BCUT2D eigenvalue weighted by Crippen LogP contribution is -2.39. The van der Waals surface area contributed by atoms with E-state index in [0.717, 1.165) is 47.9 Å². The van der Waals surface area contributed by atoms with Crippen LogP contribution in [0.15, 0.2) is 17.9 Å². The molecule has 0 heterocycles. The van der Waals surface area contributed by atoms with Crippen LogP contribution in [0, 0.1) is 37.0 Å². The monoisotopic (exact) mass is 437 g/mol. The molecule has 6 heteroatoms. The number of nitrogens with one attached hydrogen (secondary N) is 1. The molecular weight excluding hydrogens is 406 g/mol. The second kappa shape index (κ2) is 9.60. The number of hydrogen-bond donors (Lipinski definition) is 1. The lowest BCUT2D eigenvalue weighted by molar-refractivity contribution is -0.126. The van der Waals surface area contributed by atoms with Gasteiger partial charge in [-0.1, -0.05) is 5.92 Å². The Morgan fingerprint density at radius 2 is 1.75 bits per heavy atom. The van der Waals surface area contributed by atoms with E-state index in [1.54, 1.807) is 14.0 Å². The van der Waals surface area contributed by atoms with Gasteiger partial charge in [0.25, 0.3) is 0 Å². The molecule has 3 rings (SSSR count). The van der Waals surface area contributed by atoms with E-state index in [4.69, 9.17) is 9.47 Å². The Morgan fingerprint density at radius 3 is 2.28 bits per heavy atom. The molecule has 2 aliphatic carbocycles. The Morgan fingerprint density at radius 1 is 1.12 bits per heavy atom. The van der Waals surface area contributed by atoms with E-state index in [-0.39, 0.29) is 23.0 Å². The van der Waals surface area contributed by atoms with Crippen LogP contribution in [0.25, 0.3) is 5.57 Å². The lowest BCUT2D eigenvalue weighted by atomic mass is 9.62. The number of ketones is 1. The van der Waals surface area contributed by atoms with Crippen molar-refractivity contribution >= 4 is 23.4 Å². The zero-order chi connectivity index (χ0) is 23.5. The molecule has 1 amide bonds. The van der Waals surface area contributed by atoms with Gasteiger partial charge in [-0.2, -0.15) is 0 Å². The van der Waals surface area contributed by atoms with E-state index in [9.17, 15) is 14.4 Å². The van der Waals surface area contributed by atoms with Gasteiger partial charge in [-0.3, -0.25) is 9.59 Å². The highest BCUT2D eigenvalue weighted by Crippen LogP contribution is 2.51. The van der Waals surface area contributed by atoms with E-state index < -0.39 is 6.16 Å². The smallest absolute Gasteiger partial charge is 0.437 e. The average molecular weight is 438 g/mol. The van der Waals surface area contributed by atoms with Crippen LogP contribution in [0.2, 0.25) is 0 Å². The minimum atomic E-state index is -0.829. The highest BCUT2D eigenvalue weighted by atomic mass is 16.7. The van der Waals surface area contributed by atoms with Crippen LogP contribution in [-0.4, -0.2) is 32.0 Å². The van der Waals surface area contributed by atoms with Crippen LogP contribution in [0.1, 0.15) is 67.7 Å². The molecule has 1 aromatic carbocycles. The number of amides is 1. The number of allylic oxidation sites excluding steroid dienone is 2. The van der Waals surface area contributed by atoms with Crippen molar-refractivity contribution in [2.75, 3.05) is 14.2 Å². The molecule has 0 unspecified atom stereocenters. The molecule has 0 saturated heterocycles. The van der Waals surface area contributed by atoms with Crippen molar-refractivity contribution in [1.82, 2.24) is 5.32 Å². The van der Waals surface area contributed by atoms with Gasteiger partial charge < -0.3 is 14.8 Å². The molecule has 0 aromatic heterocycles. The molecule has 0 radical (unpaired) electrons. The molecular formula is C26H31NO5. The van der Waals surface area contributed by atoms with Crippen molar-refractivity contribution < 1.29 is 23.9 Å². The molecule has 0 atom stereocenters. The van der Waals surface area contributed by atoms with Crippen molar-refractivity contribution in [3.05, 3.63) is 40.1 Å². The Bertz CT molecular complexity index is 1010. The number of benzene rings is 1. The maximum absolute atomic E-state index is 13.5. The summed E-state index contributed by atoms with van der Waals surface area (Å²) >= 11 is 0. The van der Waals surface area contributed by atoms with Crippen molar-refractivity contribution in [1.29, 1.82) is 0 Å². The molecule has 1 N–H and O–H groups in total. The summed E-state index contributed by atoms with van der Waals surface area (Å²) in [6, 6.07) is 3.90. The Balaban J connectivity index is 2.03. The minimum Gasteiger partial charge on any atom is -0.437 e. The number of Topliss-reactive ketones (excluding diaryl/α,β-unsaturated/α-hetero) is 1. The predicted octanol–water partition coefficient (Wildman–Crippen LogP) is 4.45. The van der Waals surface area contributed by atoms with Crippen LogP contribution >= 0.6 is 0 Å². The summed E-state index contributed by atoms with van der Waals surface area (Å²) in [6.07, 6.45) is 2.94. The summed E-state index contributed by atoms with van der Waals surface area (Å²) in [7, 11) is 2.91. The molecule has 0 bridgehead atoms. The van der Waals surface area contributed by atoms with Crippen LogP contribution in [-0.2, 0) is 19.1 Å².